The van der Waals surface area contributed by atoms with Crippen LogP contribution in [0.25, 0.3) is 0 Å². The first-order valence-electron chi connectivity index (χ1n) is 2.88. The molecular formula is C5H5F3N2O. The molecule has 1 aliphatic heterocycles. The lowest BCUT2D eigenvalue weighted by atomic mass is 10.2. The van der Waals surface area contributed by atoms with Crippen molar-refractivity contribution >= 4 is 12.0 Å². The number of nitrogens with one attached hydrogen (secondary N) is 1. The summed E-state index contributed by atoms with van der Waals surface area (Å²) >= 11 is 0. The highest BCUT2D eigenvalue weighted by molar-refractivity contribution is 6.28. The third kappa shape index (κ3) is 1.69. The first-order chi connectivity index (χ1) is 5.04. The second-order valence-electron chi connectivity index (χ2n) is 2.15. The number of hydrogen-bond acceptors (Lipinski definition) is 3. The molecule has 0 aromatic rings. The summed E-state index contributed by atoms with van der Waals surface area (Å²) in [5.74, 6) is 0. The van der Waals surface area contributed by atoms with Crippen molar-refractivity contribution < 1.29 is 18.0 Å². The molecular weight excluding hydrogens is 161 g/mol. The summed E-state index contributed by atoms with van der Waals surface area (Å²) in [6, 6.07) is -1.69. The van der Waals surface area contributed by atoms with Gasteiger partial charge in [0.15, 0.2) is 6.29 Å². The summed E-state index contributed by atoms with van der Waals surface area (Å²) in [4.78, 5) is 9.94. The quantitative estimate of drug-likeness (QED) is 0.575. The molecule has 11 heavy (non-hydrogen) atoms. The number of hydrogen-bond donors (Lipinski definition) is 1. The van der Waals surface area contributed by atoms with Crippen molar-refractivity contribution in [1.29, 1.82) is 0 Å². The Morgan fingerprint density at radius 1 is 1.64 bits per heavy atom. The molecule has 62 valence electrons. The van der Waals surface area contributed by atoms with E-state index in [4.69, 9.17) is 0 Å². The minimum atomic E-state index is -4.33. The molecule has 0 radical (unpaired) electrons. The van der Waals surface area contributed by atoms with Gasteiger partial charge < -0.3 is 0 Å². The van der Waals surface area contributed by atoms with Crippen LogP contribution in [0.2, 0.25) is 0 Å². The van der Waals surface area contributed by atoms with Gasteiger partial charge in [0.1, 0.15) is 11.8 Å². The van der Waals surface area contributed by atoms with Gasteiger partial charge in [-0.2, -0.15) is 18.3 Å². The Hall–Kier alpha value is -1.07. The predicted molar refractivity (Wildman–Crippen MR) is 31.1 cm³/mol. The minimum Gasteiger partial charge on any atom is -0.297 e. The van der Waals surface area contributed by atoms with E-state index in [2.05, 4.69) is 5.10 Å². The molecule has 0 aromatic heterocycles. The van der Waals surface area contributed by atoms with Crippen LogP contribution in [-0.2, 0) is 4.79 Å². The maximum atomic E-state index is 11.8. The van der Waals surface area contributed by atoms with Crippen LogP contribution in [0.15, 0.2) is 5.10 Å². The minimum absolute atomic E-state index is 0.0904. The lowest BCUT2D eigenvalue weighted by molar-refractivity contribution is -0.151. The van der Waals surface area contributed by atoms with Crippen LogP contribution in [0, 0.1) is 0 Å². The highest BCUT2D eigenvalue weighted by Crippen LogP contribution is 2.24. The van der Waals surface area contributed by atoms with Gasteiger partial charge in [0.25, 0.3) is 0 Å². The molecule has 1 rings (SSSR count). The Kier molecular flexibility index (Phi) is 1.84. The Balaban J connectivity index is 2.54. The maximum Gasteiger partial charge on any atom is 0.410 e. The standard InChI is InChI=1S/C5H5F3N2O/c6-5(7,8)4-1-3(2-11)9-10-4/h2,4,10H,1H2/t4-/m0/s1. The van der Waals surface area contributed by atoms with Gasteiger partial charge in [0.05, 0.1) is 0 Å². The van der Waals surface area contributed by atoms with Gasteiger partial charge in [-0.15, -0.1) is 0 Å². The highest BCUT2D eigenvalue weighted by atomic mass is 19.4. The van der Waals surface area contributed by atoms with E-state index in [1.807, 2.05) is 5.43 Å². The predicted octanol–water partition coefficient (Wildman–Crippen LogP) is 0.465. The molecule has 0 aromatic carbocycles. The van der Waals surface area contributed by atoms with Gasteiger partial charge in [-0.3, -0.25) is 10.2 Å². The van der Waals surface area contributed by atoms with Gasteiger partial charge >= 0.3 is 6.18 Å². The van der Waals surface area contributed by atoms with Crippen LogP contribution < -0.4 is 5.43 Å². The summed E-state index contributed by atoms with van der Waals surface area (Å²) < 4.78 is 35.5. The van der Waals surface area contributed by atoms with E-state index in [0.717, 1.165) is 0 Å². The number of carbonyl (C=O) groups excluding carboxylic acids is 1. The number of aldehydes is 1. The largest absolute Gasteiger partial charge is 0.410 e. The highest BCUT2D eigenvalue weighted by Gasteiger charge is 2.42. The van der Waals surface area contributed by atoms with Gasteiger partial charge in [-0.25, -0.2) is 0 Å². The fourth-order valence-corrected chi connectivity index (χ4v) is 0.725. The lowest BCUT2D eigenvalue weighted by Crippen LogP contribution is -2.36. The first-order valence-corrected chi connectivity index (χ1v) is 2.88. The summed E-state index contributed by atoms with van der Waals surface area (Å²) in [6.07, 6.45) is -4.38. The van der Waals surface area contributed by atoms with Crippen molar-refractivity contribution in [3.8, 4) is 0 Å². The van der Waals surface area contributed by atoms with Gasteiger partial charge in [0.2, 0.25) is 0 Å². The molecule has 0 fully saturated rings. The number of hydrazone groups is 1. The smallest absolute Gasteiger partial charge is 0.297 e. The number of rotatable bonds is 1. The molecule has 0 spiro atoms. The fourth-order valence-electron chi connectivity index (χ4n) is 0.725. The normalized spacial score (nSPS) is 24.3. The number of nitrogens with zero attached hydrogens (tertiary/aromatic N) is 1. The SMILES string of the molecule is O=CC1=NN[C@H](C(F)(F)F)C1. The third-order valence-corrected chi connectivity index (χ3v) is 1.31. The molecule has 1 aliphatic rings. The number of halogens is 3. The zero-order valence-corrected chi connectivity index (χ0v) is 5.35. The van der Waals surface area contributed by atoms with Crippen molar-refractivity contribution in [2.75, 3.05) is 0 Å². The zero-order chi connectivity index (χ0) is 8.48. The molecule has 0 aliphatic carbocycles. The summed E-state index contributed by atoms with van der Waals surface area (Å²) in [6.45, 7) is 0. The van der Waals surface area contributed by atoms with E-state index in [9.17, 15) is 18.0 Å². The van der Waals surface area contributed by atoms with Gasteiger partial charge in [-0.05, 0) is 0 Å². The maximum absolute atomic E-state index is 11.8. The lowest BCUT2D eigenvalue weighted by Gasteiger charge is -2.12. The zero-order valence-electron chi connectivity index (χ0n) is 5.35. The second kappa shape index (κ2) is 2.52. The van der Waals surface area contributed by atoms with Gasteiger partial charge in [0, 0.05) is 6.42 Å². The Labute approximate surface area is 60.3 Å². The van der Waals surface area contributed by atoms with Crippen molar-refractivity contribution in [2.45, 2.75) is 18.6 Å². The Morgan fingerprint density at radius 3 is 2.55 bits per heavy atom. The third-order valence-electron chi connectivity index (χ3n) is 1.31. The van der Waals surface area contributed by atoms with Crippen molar-refractivity contribution in [3.05, 3.63) is 0 Å². The Bertz CT molecular complexity index is 198. The molecule has 0 amide bonds. The summed E-state index contributed by atoms with van der Waals surface area (Å²) in [7, 11) is 0. The van der Waals surface area contributed by atoms with Crippen molar-refractivity contribution in [2.24, 2.45) is 5.10 Å². The Morgan fingerprint density at radius 2 is 2.27 bits per heavy atom. The van der Waals surface area contributed by atoms with E-state index in [1.165, 1.54) is 0 Å². The molecule has 1 N–H and O–H groups in total. The van der Waals surface area contributed by atoms with Crippen LogP contribution in [0.5, 0.6) is 0 Å². The van der Waals surface area contributed by atoms with E-state index >= 15 is 0 Å². The van der Waals surface area contributed by atoms with Crippen LogP contribution in [0.4, 0.5) is 13.2 Å². The molecule has 1 atom stereocenters. The average molecular weight is 166 g/mol. The fraction of sp³-hybridized carbons (Fsp3) is 0.600. The monoisotopic (exact) mass is 166 g/mol. The van der Waals surface area contributed by atoms with E-state index in [-0.39, 0.29) is 12.1 Å². The van der Waals surface area contributed by atoms with Gasteiger partial charge in [-0.1, -0.05) is 0 Å². The molecule has 1 heterocycles. The first kappa shape index (κ1) is 8.03. The molecule has 0 bridgehead atoms. The van der Waals surface area contributed by atoms with E-state index < -0.39 is 12.2 Å². The van der Waals surface area contributed by atoms with Crippen LogP contribution in [0.3, 0.4) is 0 Å². The second-order valence-corrected chi connectivity index (χ2v) is 2.15. The summed E-state index contributed by atoms with van der Waals surface area (Å²) in [5, 5.41) is 3.18. The van der Waals surface area contributed by atoms with Crippen molar-refractivity contribution in [3.63, 3.8) is 0 Å². The molecule has 0 unspecified atom stereocenters. The molecule has 3 nitrogen and oxygen atoms in total. The van der Waals surface area contributed by atoms with Crippen molar-refractivity contribution in [1.82, 2.24) is 5.43 Å². The molecule has 6 heteroatoms. The van der Waals surface area contributed by atoms with Crippen LogP contribution >= 0.6 is 0 Å². The summed E-state index contributed by atoms with van der Waals surface area (Å²) in [5.41, 5.74) is 1.74. The topological polar surface area (TPSA) is 41.5 Å². The van der Waals surface area contributed by atoms with E-state index in [1.54, 1.807) is 0 Å². The number of carbonyl (C=O) groups is 1. The molecule has 0 saturated heterocycles. The van der Waals surface area contributed by atoms with Crippen LogP contribution in [-0.4, -0.2) is 24.2 Å². The van der Waals surface area contributed by atoms with Crippen LogP contribution in [0.1, 0.15) is 6.42 Å². The number of alkyl halides is 3. The molecule has 0 saturated carbocycles. The average Bonchev–Trinajstić information content (AvgIpc) is 2.32. The van der Waals surface area contributed by atoms with E-state index in [0.29, 0.717) is 6.29 Å².